The summed E-state index contributed by atoms with van der Waals surface area (Å²) in [6.45, 7) is 8.21. The van der Waals surface area contributed by atoms with E-state index < -0.39 is 0 Å². The zero-order chi connectivity index (χ0) is 56.5. The van der Waals surface area contributed by atoms with Gasteiger partial charge in [-0.25, -0.2) is 39.3 Å². The van der Waals surface area contributed by atoms with Gasteiger partial charge in [0.1, 0.15) is 42.3 Å². The first kappa shape index (κ1) is 66.0. The minimum absolute atomic E-state index is 0. The van der Waals surface area contributed by atoms with E-state index >= 15 is 0 Å². The van der Waals surface area contributed by atoms with Crippen LogP contribution in [-0.4, -0.2) is 141 Å². The Balaban J connectivity index is 0.000000201. The van der Waals surface area contributed by atoms with Crippen molar-refractivity contribution >= 4 is 194 Å². The van der Waals surface area contributed by atoms with E-state index in [4.69, 9.17) is 35.5 Å². The predicted molar refractivity (Wildman–Crippen MR) is 313 cm³/mol. The Morgan fingerprint density at radius 1 is 0.436 bits per heavy atom. The van der Waals surface area contributed by atoms with Gasteiger partial charge in [-0.2, -0.15) is 47.8 Å². The molecule has 0 amide bonds. The first-order chi connectivity index (χ1) is 37.0. The number of hydrogen-bond donors (Lipinski definition) is 4. The van der Waals surface area contributed by atoms with E-state index in [-0.39, 0.29) is 29.6 Å². The number of anilines is 2. The Kier molecular flexibility index (Phi) is 27.1. The SMILES string of the molecule is Brc1cnc(Br)c2n[nH]nc12.CCn1nc2c(Br)cnc(OC)c2n1.CCn1nnc2c(Br)cnc(OC)c21.CCn1nnc2c(OC)ncc(Br)c21.COc1ncc(Br)c2n[nH]nc12.C[O-].Nc1c(Br)cnc(Br)c1N.[Na+]. The number of nitrogens with two attached hydrogens (primary N) is 2. The molecule has 11 aromatic heterocycles. The summed E-state index contributed by atoms with van der Waals surface area (Å²) in [7, 11) is 7.02. The number of nitrogens with zero attached hydrogens (tertiary/aromatic N) is 19. The van der Waals surface area contributed by atoms with Crippen LogP contribution in [0.2, 0.25) is 0 Å². The molecule has 28 nitrogen and oxygen atoms in total. The van der Waals surface area contributed by atoms with E-state index in [0.29, 0.717) is 65.1 Å². The van der Waals surface area contributed by atoms with Crippen molar-refractivity contribution in [3.05, 3.63) is 73.2 Å². The summed E-state index contributed by atoms with van der Waals surface area (Å²) in [5.41, 5.74) is 19.6. The Bertz CT molecular complexity index is 3630. The van der Waals surface area contributed by atoms with Gasteiger partial charge in [-0.15, -0.1) is 15.3 Å². The van der Waals surface area contributed by atoms with Crippen molar-refractivity contribution in [2.24, 2.45) is 0 Å². The number of methoxy groups -OCH3 is 4. The van der Waals surface area contributed by atoms with Gasteiger partial charge in [-0.3, -0.25) is 0 Å². The van der Waals surface area contributed by atoms with E-state index in [1.54, 1.807) is 79.8 Å². The van der Waals surface area contributed by atoms with Gasteiger partial charge >= 0.3 is 29.6 Å². The van der Waals surface area contributed by atoms with Gasteiger partial charge < -0.3 is 35.5 Å². The smallest absolute Gasteiger partial charge is 0.857 e. The molecular weight excluding hydrogens is 1560 g/mol. The van der Waals surface area contributed by atoms with Gasteiger partial charge in [-0.1, -0.05) is 10.4 Å². The average Bonchev–Trinajstić information content (AvgIpc) is 4.35. The third kappa shape index (κ3) is 15.9. The zero-order valence-corrected chi connectivity index (χ0v) is 57.0. The quantitative estimate of drug-likeness (QED) is 0.111. The first-order valence-corrected chi connectivity index (χ1v) is 27.8. The molecular formula is C41H42Br8N23NaO5. The first-order valence-electron chi connectivity index (χ1n) is 21.5. The van der Waals surface area contributed by atoms with Crippen LogP contribution in [0.5, 0.6) is 23.5 Å². The summed E-state index contributed by atoms with van der Waals surface area (Å²) in [4.78, 5) is 25.9. The molecule has 0 saturated carbocycles. The third-order valence-electron chi connectivity index (χ3n) is 9.55. The van der Waals surface area contributed by atoms with Crippen molar-refractivity contribution in [1.82, 2.24) is 106 Å². The van der Waals surface area contributed by atoms with E-state index in [0.717, 1.165) is 87.7 Å². The minimum Gasteiger partial charge on any atom is -0.857 e. The molecule has 11 heterocycles. The number of halogens is 8. The van der Waals surface area contributed by atoms with Crippen LogP contribution in [0.15, 0.2) is 73.2 Å². The molecule has 0 unspecified atom stereocenters. The van der Waals surface area contributed by atoms with Crippen LogP contribution in [0.3, 0.4) is 0 Å². The van der Waals surface area contributed by atoms with Crippen LogP contribution >= 0.6 is 127 Å². The van der Waals surface area contributed by atoms with Crippen molar-refractivity contribution in [3.8, 4) is 23.5 Å². The van der Waals surface area contributed by atoms with E-state index in [2.05, 4.69) is 219 Å². The monoisotopic (exact) mass is 1590 g/mol. The van der Waals surface area contributed by atoms with Crippen LogP contribution in [0, 0.1) is 0 Å². The molecule has 11 rings (SSSR count). The number of pyridine rings is 6. The third-order valence-corrected chi connectivity index (χ3v) is 14.3. The number of nitrogens with one attached hydrogen (secondary N) is 2. The molecule has 37 heteroatoms. The maximum Gasteiger partial charge on any atom is 1.00 e. The summed E-state index contributed by atoms with van der Waals surface area (Å²) in [5, 5.41) is 53.5. The molecule has 0 aromatic carbocycles. The normalized spacial score (nSPS) is 10.3. The summed E-state index contributed by atoms with van der Waals surface area (Å²) in [6.07, 6.45) is 9.91. The molecule has 0 spiro atoms. The molecule has 0 aliphatic heterocycles. The number of aryl methyl sites for hydroxylation is 3. The minimum atomic E-state index is 0. The summed E-state index contributed by atoms with van der Waals surface area (Å²) < 4.78 is 30.0. The summed E-state index contributed by atoms with van der Waals surface area (Å²) in [6, 6.07) is 0. The van der Waals surface area contributed by atoms with Crippen LogP contribution < -0.4 is 65.1 Å². The largest absolute Gasteiger partial charge is 1.00 e. The second-order valence-corrected chi connectivity index (χ2v) is 20.5. The fraction of sp³-hybridized carbons (Fsp3) is 0.268. The topological polar surface area (TPSA) is 365 Å². The predicted octanol–water partition coefficient (Wildman–Crippen LogP) is 5.61. The number of ether oxygens (including phenoxy) is 4. The maximum absolute atomic E-state index is 8.25. The van der Waals surface area contributed by atoms with Gasteiger partial charge in [-0.05, 0) is 148 Å². The number of aromatic amines is 2. The Morgan fingerprint density at radius 3 is 1.36 bits per heavy atom. The van der Waals surface area contributed by atoms with Crippen LogP contribution in [0.25, 0.3) is 55.2 Å². The molecule has 78 heavy (non-hydrogen) atoms. The fourth-order valence-electron chi connectivity index (χ4n) is 5.98. The number of nitrogen functional groups attached to an aromatic ring is 2. The Labute approximate surface area is 531 Å². The molecule has 408 valence electrons. The van der Waals surface area contributed by atoms with E-state index in [1.807, 2.05) is 20.8 Å². The van der Waals surface area contributed by atoms with E-state index in [9.17, 15) is 0 Å². The average molecular weight is 1600 g/mol. The van der Waals surface area contributed by atoms with Crippen molar-refractivity contribution in [1.29, 1.82) is 0 Å². The molecule has 0 aliphatic carbocycles. The maximum atomic E-state index is 8.25. The van der Waals surface area contributed by atoms with Crippen LogP contribution in [0.1, 0.15) is 20.8 Å². The van der Waals surface area contributed by atoms with Gasteiger partial charge in [0.05, 0.1) is 73.2 Å². The van der Waals surface area contributed by atoms with Crippen molar-refractivity contribution < 1.29 is 53.6 Å². The number of H-pyrrole nitrogens is 2. The Hall–Kier alpha value is -4.50. The number of hydrogen-bond acceptors (Lipinski definition) is 23. The summed E-state index contributed by atoms with van der Waals surface area (Å²) >= 11 is 26.3. The van der Waals surface area contributed by atoms with Gasteiger partial charge in [0.2, 0.25) is 23.5 Å². The molecule has 0 bridgehead atoms. The second kappa shape index (κ2) is 32.1. The summed E-state index contributed by atoms with van der Waals surface area (Å²) in [5.74, 6) is 2.03. The molecule has 6 N–H and O–H groups in total. The molecule has 11 aromatic rings. The van der Waals surface area contributed by atoms with Crippen LogP contribution in [0.4, 0.5) is 11.4 Å². The van der Waals surface area contributed by atoms with Gasteiger partial charge in [0.25, 0.3) is 0 Å². The second-order valence-electron chi connectivity index (χ2n) is 13.9. The molecule has 0 radical (unpaired) electrons. The van der Waals surface area contributed by atoms with E-state index in [1.165, 1.54) is 0 Å². The number of aromatic nitrogens is 21. The van der Waals surface area contributed by atoms with Gasteiger partial charge in [0, 0.05) is 50.3 Å². The van der Waals surface area contributed by atoms with Gasteiger partial charge in [0.15, 0.2) is 22.1 Å². The molecule has 0 aliphatic rings. The van der Waals surface area contributed by atoms with Crippen LogP contribution in [-0.2, 0) is 19.6 Å². The van der Waals surface area contributed by atoms with Crippen molar-refractivity contribution in [2.75, 3.05) is 47.0 Å². The Morgan fingerprint density at radius 2 is 0.833 bits per heavy atom. The standard InChI is InChI=1S/3C8H9BrN4O.C6H5BrN4O.C5H2Br2N4.C5H5Br2N3.CH3O.Na/c1-3-13-7-5(9)4-10-8(14-2)6(7)11-12-13;1-3-13-7-6(11-12-13)5(9)4-10-8(7)14-2;1-3-13-11-6-5(9)4-10-8(14-2)7(6)12-13;1-12-6-5-4(9-11-10-5)3(7)2-8-6;6-2-1-8-5(7)4-3(2)9-11-10-4;6-2-1-10-5(7)4(9)3(2)8;1-2;/h3*4H,3H2,1-2H3;2H,1H3,(H,9,10,11);1H,(H,9,10,11);1H,9H2,(H2,8,10);1H3;/q;;;;;;-1;+1. The number of rotatable bonds is 7. The number of fused-ring (bicyclic) bond motifs is 5. The van der Waals surface area contributed by atoms with Crippen molar-refractivity contribution in [3.63, 3.8) is 0 Å². The molecule has 0 fully saturated rings. The molecule has 0 atom stereocenters. The molecule has 0 saturated heterocycles. The fourth-order valence-corrected chi connectivity index (χ4v) is 8.98. The van der Waals surface area contributed by atoms with Crippen molar-refractivity contribution in [2.45, 2.75) is 40.4 Å². The zero-order valence-electron chi connectivity index (χ0n) is 42.3.